The number of nitrogens with one attached hydrogen (secondary N) is 1. The van der Waals surface area contributed by atoms with Gasteiger partial charge in [0, 0.05) is 16.1 Å². The number of nitrogens with zero attached hydrogens (tertiary/aromatic N) is 1. The van der Waals surface area contributed by atoms with Crippen molar-refractivity contribution in [2.45, 2.75) is 4.90 Å². The fraction of sp³-hybridized carbons (Fsp3) is 0.125. The van der Waals surface area contributed by atoms with Crippen LogP contribution < -0.4 is 11.1 Å². The summed E-state index contributed by atoms with van der Waals surface area (Å²) in [6, 6.07) is 12.9. The van der Waals surface area contributed by atoms with Crippen LogP contribution in [0, 0.1) is 5.82 Å². The van der Waals surface area contributed by atoms with Crippen LogP contribution in [0.25, 0.3) is 0 Å². The summed E-state index contributed by atoms with van der Waals surface area (Å²) < 4.78 is 12.8. The van der Waals surface area contributed by atoms with Crippen molar-refractivity contribution in [1.82, 2.24) is 0 Å². The number of amides is 1. The standard InChI is InChI=1S/C16H16FN3O2S/c1-23-14-8-6-13(7-9-14)19-15(21)10-22-20-16(18)11-2-4-12(17)5-3-11/h2-9H,10H2,1H3,(H2,18,20)(H,19,21). The predicted molar refractivity (Wildman–Crippen MR) is 89.9 cm³/mol. The number of rotatable bonds is 6. The molecular weight excluding hydrogens is 317 g/mol. The first-order chi connectivity index (χ1) is 11.1. The largest absolute Gasteiger partial charge is 0.384 e. The number of oxime groups is 1. The summed E-state index contributed by atoms with van der Waals surface area (Å²) in [4.78, 5) is 17.7. The van der Waals surface area contributed by atoms with Crippen molar-refractivity contribution in [3.8, 4) is 0 Å². The van der Waals surface area contributed by atoms with Crippen LogP contribution in [-0.4, -0.2) is 24.6 Å². The molecule has 7 heteroatoms. The number of halogens is 1. The lowest BCUT2D eigenvalue weighted by atomic mass is 10.2. The van der Waals surface area contributed by atoms with Crippen molar-refractivity contribution in [1.29, 1.82) is 0 Å². The van der Waals surface area contributed by atoms with Crippen LogP contribution in [0.1, 0.15) is 5.56 Å². The topological polar surface area (TPSA) is 76.7 Å². The fourth-order valence-electron chi connectivity index (χ4n) is 1.71. The summed E-state index contributed by atoms with van der Waals surface area (Å²) in [5, 5.41) is 6.32. The van der Waals surface area contributed by atoms with Crippen molar-refractivity contribution in [2.24, 2.45) is 10.9 Å². The second-order valence-corrected chi connectivity index (χ2v) is 5.41. The lowest BCUT2D eigenvalue weighted by molar-refractivity contribution is -0.120. The first kappa shape index (κ1) is 16.8. The number of carbonyl (C=O) groups is 1. The Hall–Kier alpha value is -2.54. The Morgan fingerprint density at radius 2 is 1.87 bits per heavy atom. The lowest BCUT2D eigenvalue weighted by Gasteiger charge is -2.05. The van der Waals surface area contributed by atoms with Gasteiger partial charge in [-0.3, -0.25) is 4.79 Å². The third kappa shape index (κ3) is 5.30. The van der Waals surface area contributed by atoms with Crippen molar-refractivity contribution in [3.05, 3.63) is 59.9 Å². The Balaban J connectivity index is 1.83. The van der Waals surface area contributed by atoms with E-state index in [2.05, 4.69) is 10.5 Å². The van der Waals surface area contributed by atoms with Crippen molar-refractivity contribution in [2.75, 3.05) is 18.2 Å². The minimum atomic E-state index is -0.366. The maximum absolute atomic E-state index is 12.8. The highest BCUT2D eigenvalue weighted by atomic mass is 32.2. The van der Waals surface area contributed by atoms with Crippen LogP contribution >= 0.6 is 11.8 Å². The normalized spacial score (nSPS) is 11.1. The monoisotopic (exact) mass is 333 g/mol. The van der Waals surface area contributed by atoms with Gasteiger partial charge in [-0.1, -0.05) is 5.16 Å². The molecule has 0 aliphatic rings. The van der Waals surface area contributed by atoms with Gasteiger partial charge in [-0.25, -0.2) is 4.39 Å². The number of nitrogens with two attached hydrogens (primary N) is 1. The van der Waals surface area contributed by atoms with Crippen molar-refractivity contribution in [3.63, 3.8) is 0 Å². The fourth-order valence-corrected chi connectivity index (χ4v) is 2.11. The van der Waals surface area contributed by atoms with Crippen LogP contribution in [0.15, 0.2) is 58.6 Å². The molecule has 23 heavy (non-hydrogen) atoms. The quantitative estimate of drug-likeness (QED) is 0.369. The molecule has 5 nitrogen and oxygen atoms in total. The third-order valence-corrected chi connectivity index (χ3v) is 3.62. The van der Waals surface area contributed by atoms with Crippen LogP contribution in [0.4, 0.5) is 10.1 Å². The summed E-state index contributed by atoms with van der Waals surface area (Å²) in [5.74, 6) is -0.644. The van der Waals surface area contributed by atoms with Gasteiger partial charge in [-0.2, -0.15) is 0 Å². The van der Waals surface area contributed by atoms with E-state index in [-0.39, 0.29) is 24.2 Å². The molecular formula is C16H16FN3O2S. The van der Waals surface area contributed by atoms with E-state index in [4.69, 9.17) is 10.6 Å². The van der Waals surface area contributed by atoms with Gasteiger partial charge in [-0.15, -0.1) is 11.8 Å². The molecule has 0 fully saturated rings. The zero-order chi connectivity index (χ0) is 16.7. The molecule has 0 heterocycles. The number of thioether (sulfide) groups is 1. The molecule has 0 radical (unpaired) electrons. The zero-order valence-electron chi connectivity index (χ0n) is 12.5. The van der Waals surface area contributed by atoms with Gasteiger partial charge < -0.3 is 15.9 Å². The highest BCUT2D eigenvalue weighted by Crippen LogP contribution is 2.17. The van der Waals surface area contributed by atoms with E-state index in [0.29, 0.717) is 11.3 Å². The van der Waals surface area contributed by atoms with Gasteiger partial charge in [0.2, 0.25) is 0 Å². The third-order valence-electron chi connectivity index (χ3n) is 2.87. The maximum Gasteiger partial charge on any atom is 0.265 e. The SMILES string of the molecule is CSc1ccc(NC(=O)CO/N=C(/N)c2ccc(F)cc2)cc1. The summed E-state index contributed by atoms with van der Waals surface area (Å²) in [5.41, 5.74) is 6.87. The molecule has 0 saturated heterocycles. The van der Waals surface area contributed by atoms with E-state index in [0.717, 1.165) is 4.90 Å². The lowest BCUT2D eigenvalue weighted by Crippen LogP contribution is -2.19. The molecule has 0 spiro atoms. The summed E-state index contributed by atoms with van der Waals surface area (Å²) in [7, 11) is 0. The molecule has 2 aromatic carbocycles. The van der Waals surface area contributed by atoms with E-state index in [1.807, 2.05) is 18.4 Å². The smallest absolute Gasteiger partial charge is 0.265 e. The summed E-state index contributed by atoms with van der Waals surface area (Å²) >= 11 is 1.62. The second kappa shape index (κ2) is 8.19. The van der Waals surface area contributed by atoms with Gasteiger partial charge in [0.05, 0.1) is 0 Å². The average molecular weight is 333 g/mol. The molecule has 2 aromatic rings. The van der Waals surface area contributed by atoms with Crippen LogP contribution in [0.3, 0.4) is 0 Å². The molecule has 0 atom stereocenters. The average Bonchev–Trinajstić information content (AvgIpc) is 2.56. The Morgan fingerprint density at radius 1 is 1.22 bits per heavy atom. The molecule has 1 amide bonds. The van der Waals surface area contributed by atoms with Crippen molar-refractivity contribution < 1.29 is 14.0 Å². The van der Waals surface area contributed by atoms with Gasteiger partial charge in [-0.05, 0) is 54.8 Å². The molecule has 120 valence electrons. The molecule has 0 unspecified atom stereocenters. The maximum atomic E-state index is 12.8. The Bertz CT molecular complexity index is 687. The van der Waals surface area contributed by atoms with E-state index >= 15 is 0 Å². The van der Waals surface area contributed by atoms with Crippen LogP contribution in [-0.2, 0) is 9.63 Å². The van der Waals surface area contributed by atoms with E-state index < -0.39 is 0 Å². The number of carbonyl (C=O) groups excluding carboxylic acids is 1. The van der Waals surface area contributed by atoms with Crippen molar-refractivity contribution >= 4 is 29.2 Å². The van der Waals surface area contributed by atoms with Gasteiger partial charge in [0.1, 0.15) is 5.82 Å². The molecule has 0 aliphatic heterocycles. The van der Waals surface area contributed by atoms with Crippen LogP contribution in [0.2, 0.25) is 0 Å². The van der Waals surface area contributed by atoms with Gasteiger partial charge in [0.15, 0.2) is 12.4 Å². The van der Waals surface area contributed by atoms with E-state index in [1.54, 1.807) is 23.9 Å². The highest BCUT2D eigenvalue weighted by molar-refractivity contribution is 7.98. The number of benzene rings is 2. The number of amidine groups is 1. The van der Waals surface area contributed by atoms with Gasteiger partial charge >= 0.3 is 0 Å². The minimum absolute atomic E-state index is 0.0714. The van der Waals surface area contributed by atoms with E-state index in [9.17, 15) is 9.18 Å². The molecule has 0 aliphatic carbocycles. The summed E-state index contributed by atoms with van der Waals surface area (Å²) in [6.45, 7) is -0.272. The number of hydrogen-bond donors (Lipinski definition) is 2. The number of anilines is 1. The Labute approximate surface area is 137 Å². The highest BCUT2D eigenvalue weighted by Gasteiger charge is 2.04. The summed E-state index contributed by atoms with van der Waals surface area (Å²) in [6.07, 6.45) is 1.98. The Morgan fingerprint density at radius 3 is 2.48 bits per heavy atom. The zero-order valence-corrected chi connectivity index (χ0v) is 13.3. The minimum Gasteiger partial charge on any atom is -0.384 e. The molecule has 0 saturated carbocycles. The molecule has 0 aromatic heterocycles. The van der Waals surface area contributed by atoms with Crippen LogP contribution in [0.5, 0.6) is 0 Å². The Kier molecular flexibility index (Phi) is 5.99. The first-order valence-corrected chi connectivity index (χ1v) is 7.96. The first-order valence-electron chi connectivity index (χ1n) is 6.74. The molecule has 2 rings (SSSR count). The van der Waals surface area contributed by atoms with Gasteiger partial charge in [0.25, 0.3) is 5.91 Å². The molecule has 0 bridgehead atoms. The number of hydrogen-bond acceptors (Lipinski definition) is 4. The predicted octanol–water partition coefficient (Wildman–Crippen LogP) is 2.82. The molecule has 3 N–H and O–H groups in total. The van der Waals surface area contributed by atoms with E-state index in [1.165, 1.54) is 24.3 Å². The second-order valence-electron chi connectivity index (χ2n) is 4.53.